The summed E-state index contributed by atoms with van der Waals surface area (Å²) in [6.07, 6.45) is 1.37. The van der Waals surface area contributed by atoms with Gasteiger partial charge in [-0.1, -0.05) is 12.1 Å². The van der Waals surface area contributed by atoms with Crippen LogP contribution in [0.15, 0.2) is 50.8 Å². The lowest BCUT2D eigenvalue weighted by atomic mass is 10.2. The third kappa shape index (κ3) is 3.80. The number of hydrogen-bond acceptors (Lipinski definition) is 7. The van der Waals surface area contributed by atoms with E-state index in [1.165, 1.54) is 17.6 Å². The van der Waals surface area contributed by atoms with Gasteiger partial charge in [0.05, 0.1) is 23.9 Å². The van der Waals surface area contributed by atoms with Crippen molar-refractivity contribution in [1.82, 2.24) is 4.98 Å². The zero-order valence-corrected chi connectivity index (χ0v) is 16.5. The first-order valence-corrected chi connectivity index (χ1v) is 9.71. The molecule has 0 spiro atoms. The number of carbonyl (C=O) groups excluding carboxylic acids is 3. The normalized spacial score (nSPS) is 10.8. The molecule has 1 aromatic carbocycles. The molecule has 0 aliphatic heterocycles. The van der Waals surface area contributed by atoms with E-state index in [1.54, 1.807) is 42.6 Å². The molecule has 0 radical (unpaired) electrons. The molecule has 3 amide bonds. The summed E-state index contributed by atoms with van der Waals surface area (Å²) in [5, 5.41) is 7.94. The third-order valence-electron chi connectivity index (χ3n) is 4.30. The second-order valence-corrected chi connectivity index (χ2v) is 7.24. The molecule has 0 aliphatic rings. The van der Waals surface area contributed by atoms with E-state index in [2.05, 4.69) is 15.6 Å². The first-order chi connectivity index (χ1) is 14.4. The number of aromatic nitrogens is 1. The van der Waals surface area contributed by atoms with Crippen molar-refractivity contribution in [3.05, 3.63) is 64.8 Å². The lowest BCUT2D eigenvalue weighted by Crippen LogP contribution is -2.18. The second-order valence-electron chi connectivity index (χ2n) is 6.38. The van der Waals surface area contributed by atoms with Crippen molar-refractivity contribution in [1.29, 1.82) is 0 Å². The molecule has 0 aliphatic carbocycles. The monoisotopic (exact) mass is 424 g/mol. The van der Waals surface area contributed by atoms with E-state index in [1.807, 2.05) is 0 Å². The molecule has 4 aromatic rings. The number of nitrogens with zero attached hydrogens (tertiary/aromatic N) is 1. The standard InChI is InChI=1S/C20H16N4O5S/c1-10-12(6-7-28-10)19(27)24-20-22-11(9-30-20)8-15(25)23-16-13-4-2-3-5-14(13)29-17(16)18(21)26/h2-7,9H,8H2,1H3,(H2,21,26)(H,23,25)(H,22,24,27). The Kier molecular flexibility index (Phi) is 5.07. The highest BCUT2D eigenvalue weighted by Crippen LogP contribution is 2.30. The van der Waals surface area contributed by atoms with Gasteiger partial charge in [0.1, 0.15) is 17.0 Å². The summed E-state index contributed by atoms with van der Waals surface area (Å²) in [5.41, 5.74) is 6.91. The molecule has 0 saturated carbocycles. The van der Waals surface area contributed by atoms with Gasteiger partial charge < -0.3 is 19.9 Å². The number of benzene rings is 1. The average Bonchev–Trinajstić information content (AvgIpc) is 3.41. The van der Waals surface area contributed by atoms with Crippen LogP contribution < -0.4 is 16.4 Å². The van der Waals surface area contributed by atoms with Crippen molar-refractivity contribution >= 4 is 50.8 Å². The van der Waals surface area contributed by atoms with Crippen molar-refractivity contribution in [2.24, 2.45) is 5.73 Å². The van der Waals surface area contributed by atoms with Crippen molar-refractivity contribution in [2.45, 2.75) is 13.3 Å². The molecule has 3 heterocycles. The number of primary amides is 1. The fraction of sp³-hybridized carbons (Fsp3) is 0.100. The van der Waals surface area contributed by atoms with E-state index in [4.69, 9.17) is 14.6 Å². The van der Waals surface area contributed by atoms with Gasteiger partial charge in [0, 0.05) is 10.8 Å². The number of amides is 3. The van der Waals surface area contributed by atoms with Gasteiger partial charge in [-0.05, 0) is 25.1 Å². The Morgan fingerprint density at radius 1 is 1.17 bits per heavy atom. The number of nitrogens with two attached hydrogens (primary N) is 1. The highest BCUT2D eigenvalue weighted by molar-refractivity contribution is 7.14. The smallest absolute Gasteiger partial charge is 0.286 e. The first kappa shape index (κ1) is 19.4. The van der Waals surface area contributed by atoms with Gasteiger partial charge in [-0.3, -0.25) is 19.7 Å². The van der Waals surface area contributed by atoms with E-state index >= 15 is 0 Å². The SMILES string of the molecule is Cc1occc1C(=O)Nc1nc(CC(=O)Nc2c(C(N)=O)oc3ccccc23)cs1. The summed E-state index contributed by atoms with van der Waals surface area (Å²) in [4.78, 5) is 40.7. The third-order valence-corrected chi connectivity index (χ3v) is 5.11. The largest absolute Gasteiger partial charge is 0.469 e. The van der Waals surface area contributed by atoms with Gasteiger partial charge in [-0.2, -0.15) is 0 Å². The molecule has 10 heteroatoms. The minimum Gasteiger partial charge on any atom is -0.469 e. The van der Waals surface area contributed by atoms with E-state index < -0.39 is 11.8 Å². The molecule has 30 heavy (non-hydrogen) atoms. The van der Waals surface area contributed by atoms with Crippen LogP contribution in [0.3, 0.4) is 0 Å². The maximum Gasteiger partial charge on any atom is 0.286 e. The van der Waals surface area contributed by atoms with Crippen LogP contribution in [0.5, 0.6) is 0 Å². The highest BCUT2D eigenvalue weighted by atomic mass is 32.1. The van der Waals surface area contributed by atoms with Crippen LogP contribution in [0.1, 0.15) is 32.4 Å². The van der Waals surface area contributed by atoms with E-state index in [9.17, 15) is 14.4 Å². The number of fused-ring (bicyclic) bond motifs is 1. The Morgan fingerprint density at radius 3 is 2.70 bits per heavy atom. The van der Waals surface area contributed by atoms with Gasteiger partial charge in [0.2, 0.25) is 11.7 Å². The van der Waals surface area contributed by atoms with Gasteiger partial charge in [-0.15, -0.1) is 11.3 Å². The van der Waals surface area contributed by atoms with Gasteiger partial charge in [0.25, 0.3) is 11.8 Å². The number of hydrogen-bond donors (Lipinski definition) is 3. The molecule has 4 rings (SSSR count). The Balaban J connectivity index is 1.46. The van der Waals surface area contributed by atoms with Crippen LogP contribution in [-0.2, 0) is 11.2 Å². The summed E-state index contributed by atoms with van der Waals surface area (Å²) in [5.74, 6) is -1.15. The lowest BCUT2D eigenvalue weighted by Gasteiger charge is -2.04. The van der Waals surface area contributed by atoms with E-state index in [-0.39, 0.29) is 23.8 Å². The van der Waals surface area contributed by atoms with Crippen LogP contribution in [-0.4, -0.2) is 22.7 Å². The van der Waals surface area contributed by atoms with E-state index in [0.29, 0.717) is 33.1 Å². The predicted octanol–water partition coefficient (Wildman–Crippen LogP) is 3.32. The van der Waals surface area contributed by atoms with Crippen molar-refractivity contribution in [3.63, 3.8) is 0 Å². The zero-order valence-electron chi connectivity index (χ0n) is 15.7. The molecule has 0 fully saturated rings. The van der Waals surface area contributed by atoms with Crippen LogP contribution >= 0.6 is 11.3 Å². The Morgan fingerprint density at radius 2 is 1.97 bits per heavy atom. The minimum absolute atomic E-state index is 0.0607. The highest BCUT2D eigenvalue weighted by Gasteiger charge is 2.21. The van der Waals surface area contributed by atoms with Crippen LogP contribution in [0.25, 0.3) is 11.0 Å². The molecule has 0 saturated heterocycles. The molecule has 0 atom stereocenters. The Labute approximate surface area is 173 Å². The number of aryl methyl sites for hydroxylation is 1. The van der Waals surface area contributed by atoms with Crippen LogP contribution in [0, 0.1) is 6.92 Å². The molecule has 0 unspecified atom stereocenters. The van der Waals surface area contributed by atoms with Crippen molar-refractivity contribution < 1.29 is 23.2 Å². The van der Waals surface area contributed by atoms with Gasteiger partial charge >= 0.3 is 0 Å². The number of thiazole rings is 1. The van der Waals surface area contributed by atoms with Crippen molar-refractivity contribution in [2.75, 3.05) is 10.6 Å². The summed E-state index contributed by atoms with van der Waals surface area (Å²) in [6, 6.07) is 8.47. The number of nitrogens with one attached hydrogen (secondary N) is 2. The van der Waals surface area contributed by atoms with Crippen molar-refractivity contribution in [3.8, 4) is 0 Å². The fourth-order valence-electron chi connectivity index (χ4n) is 2.92. The lowest BCUT2D eigenvalue weighted by molar-refractivity contribution is -0.115. The molecule has 4 N–H and O–H groups in total. The van der Waals surface area contributed by atoms with Crippen LogP contribution in [0.4, 0.5) is 10.8 Å². The van der Waals surface area contributed by atoms with Gasteiger partial charge in [0.15, 0.2) is 5.13 Å². The summed E-state index contributed by atoms with van der Waals surface area (Å²) in [7, 11) is 0. The topological polar surface area (TPSA) is 140 Å². The number of para-hydroxylation sites is 1. The number of anilines is 2. The maximum atomic E-state index is 12.5. The minimum atomic E-state index is -0.783. The number of furan rings is 2. The summed E-state index contributed by atoms with van der Waals surface area (Å²) >= 11 is 1.20. The quantitative estimate of drug-likeness (QED) is 0.434. The fourth-order valence-corrected chi connectivity index (χ4v) is 3.63. The molecule has 0 bridgehead atoms. The van der Waals surface area contributed by atoms with Gasteiger partial charge in [-0.25, -0.2) is 4.98 Å². The molecule has 152 valence electrons. The number of carbonyl (C=O) groups is 3. The number of rotatable bonds is 6. The molecule has 9 nitrogen and oxygen atoms in total. The molecular weight excluding hydrogens is 408 g/mol. The molecule has 3 aromatic heterocycles. The Hall–Kier alpha value is -3.92. The van der Waals surface area contributed by atoms with Crippen LogP contribution in [0.2, 0.25) is 0 Å². The summed E-state index contributed by atoms with van der Waals surface area (Å²) < 4.78 is 10.6. The maximum absolute atomic E-state index is 12.5. The van der Waals surface area contributed by atoms with E-state index in [0.717, 1.165) is 0 Å². The first-order valence-electron chi connectivity index (χ1n) is 8.83. The Bertz CT molecular complexity index is 1270. The molecular formula is C20H16N4O5S. The predicted molar refractivity (Wildman–Crippen MR) is 111 cm³/mol. The second kappa shape index (κ2) is 7.84. The summed E-state index contributed by atoms with van der Waals surface area (Å²) in [6.45, 7) is 1.69. The zero-order chi connectivity index (χ0) is 21.3. The average molecular weight is 424 g/mol.